The molecule has 2 N–H and O–H groups in total. The first kappa shape index (κ1) is 14.9. The number of hydrogen-bond acceptors (Lipinski definition) is 5. The van der Waals surface area contributed by atoms with E-state index >= 15 is 0 Å². The second-order valence-corrected chi connectivity index (χ2v) is 4.90. The molecule has 0 saturated carbocycles. The third kappa shape index (κ3) is 3.56. The summed E-state index contributed by atoms with van der Waals surface area (Å²) in [6.07, 6.45) is 0.811. The van der Waals surface area contributed by atoms with Gasteiger partial charge in [-0.1, -0.05) is 24.3 Å². The van der Waals surface area contributed by atoms with E-state index in [1.54, 1.807) is 0 Å². The molecule has 0 bridgehead atoms. The maximum absolute atomic E-state index is 9.22. The molecule has 5 heteroatoms. The van der Waals surface area contributed by atoms with E-state index in [-0.39, 0.29) is 6.61 Å². The lowest BCUT2D eigenvalue weighted by atomic mass is 10.1. The van der Waals surface area contributed by atoms with E-state index in [4.69, 9.17) is 5.11 Å². The predicted octanol–water partition coefficient (Wildman–Crippen LogP) is 2.11. The first-order valence-electron chi connectivity index (χ1n) is 6.82. The van der Waals surface area contributed by atoms with E-state index in [0.29, 0.717) is 17.9 Å². The number of nitrogens with zero attached hydrogens (tertiary/aromatic N) is 3. The van der Waals surface area contributed by atoms with Crippen LogP contribution in [0.25, 0.3) is 0 Å². The van der Waals surface area contributed by atoms with Crippen LogP contribution in [-0.2, 0) is 13.0 Å². The highest BCUT2D eigenvalue weighted by Gasteiger charge is 2.09. The highest BCUT2D eigenvalue weighted by atomic mass is 16.3. The molecule has 0 atom stereocenters. The minimum atomic E-state index is 0.0578. The molecule has 0 aliphatic heterocycles. The number of benzene rings is 1. The SMILES string of the molecule is Cc1nnc(NCCc2ccc(CO)cc2)c(C#N)c1C. The number of aliphatic hydroxyl groups is 1. The number of aliphatic hydroxyl groups excluding tert-OH is 1. The summed E-state index contributed by atoms with van der Waals surface area (Å²) in [6.45, 7) is 4.45. The van der Waals surface area contributed by atoms with Crippen LogP contribution in [0.5, 0.6) is 0 Å². The van der Waals surface area contributed by atoms with Gasteiger partial charge in [0, 0.05) is 6.54 Å². The van der Waals surface area contributed by atoms with Crippen LogP contribution in [0, 0.1) is 25.2 Å². The summed E-state index contributed by atoms with van der Waals surface area (Å²) in [5.41, 5.74) is 4.26. The summed E-state index contributed by atoms with van der Waals surface area (Å²) >= 11 is 0. The van der Waals surface area contributed by atoms with Crippen LogP contribution in [0.4, 0.5) is 5.82 Å². The molecule has 2 aromatic rings. The smallest absolute Gasteiger partial charge is 0.166 e. The molecule has 5 nitrogen and oxygen atoms in total. The van der Waals surface area contributed by atoms with Crippen molar-refractivity contribution in [1.82, 2.24) is 10.2 Å². The van der Waals surface area contributed by atoms with Crippen LogP contribution in [0.1, 0.15) is 27.9 Å². The van der Waals surface area contributed by atoms with Gasteiger partial charge in [0.25, 0.3) is 0 Å². The second-order valence-electron chi connectivity index (χ2n) is 4.90. The monoisotopic (exact) mass is 282 g/mol. The number of aromatic nitrogens is 2. The molecule has 0 aliphatic rings. The van der Waals surface area contributed by atoms with Gasteiger partial charge in [-0.2, -0.15) is 10.4 Å². The second kappa shape index (κ2) is 6.82. The van der Waals surface area contributed by atoms with Crippen molar-refractivity contribution in [2.45, 2.75) is 26.9 Å². The zero-order valence-corrected chi connectivity index (χ0v) is 12.2. The van der Waals surface area contributed by atoms with Gasteiger partial charge in [0.1, 0.15) is 11.6 Å². The van der Waals surface area contributed by atoms with Crippen molar-refractivity contribution in [2.24, 2.45) is 0 Å². The summed E-state index contributed by atoms with van der Waals surface area (Å²) in [5, 5.41) is 29.5. The summed E-state index contributed by atoms with van der Waals surface area (Å²) in [6, 6.07) is 9.97. The average Bonchev–Trinajstić information content (AvgIpc) is 2.51. The standard InChI is InChI=1S/C16H18N4O/c1-11-12(2)19-20-16(15(11)9-17)18-8-7-13-3-5-14(10-21)6-4-13/h3-6,21H,7-8,10H2,1-2H3,(H,18,20). The average molecular weight is 282 g/mol. The largest absolute Gasteiger partial charge is 0.392 e. The van der Waals surface area contributed by atoms with Gasteiger partial charge < -0.3 is 10.4 Å². The molecule has 0 unspecified atom stereocenters. The maximum Gasteiger partial charge on any atom is 0.166 e. The van der Waals surface area contributed by atoms with Crippen molar-refractivity contribution >= 4 is 5.82 Å². The molecule has 0 radical (unpaired) electrons. The minimum absolute atomic E-state index is 0.0578. The first-order chi connectivity index (χ1) is 10.2. The summed E-state index contributed by atoms with van der Waals surface area (Å²) in [7, 11) is 0. The molecule has 108 valence electrons. The van der Waals surface area contributed by atoms with Crippen LogP contribution in [-0.4, -0.2) is 21.8 Å². The van der Waals surface area contributed by atoms with Gasteiger partial charge in [0.2, 0.25) is 0 Å². The highest BCUT2D eigenvalue weighted by molar-refractivity contribution is 5.55. The minimum Gasteiger partial charge on any atom is -0.392 e. The van der Waals surface area contributed by atoms with Crippen LogP contribution < -0.4 is 5.32 Å². The number of nitrogens with one attached hydrogen (secondary N) is 1. The van der Waals surface area contributed by atoms with Crippen LogP contribution >= 0.6 is 0 Å². The number of nitriles is 1. The molecule has 0 aliphatic carbocycles. The van der Waals surface area contributed by atoms with Gasteiger partial charge in [0.05, 0.1) is 12.3 Å². The van der Waals surface area contributed by atoms with E-state index in [1.165, 1.54) is 0 Å². The molecule has 1 heterocycles. The van der Waals surface area contributed by atoms with Crippen molar-refractivity contribution in [2.75, 3.05) is 11.9 Å². The number of hydrogen-bond donors (Lipinski definition) is 2. The van der Waals surface area contributed by atoms with Crippen molar-refractivity contribution in [3.05, 3.63) is 52.2 Å². The van der Waals surface area contributed by atoms with Gasteiger partial charge in [-0.25, -0.2) is 0 Å². The zero-order valence-electron chi connectivity index (χ0n) is 12.2. The normalized spacial score (nSPS) is 10.2. The molecule has 0 saturated heterocycles. The zero-order chi connectivity index (χ0) is 15.2. The Morgan fingerprint density at radius 1 is 1.14 bits per heavy atom. The van der Waals surface area contributed by atoms with E-state index in [1.807, 2.05) is 38.1 Å². The van der Waals surface area contributed by atoms with Gasteiger partial charge >= 0.3 is 0 Å². The fraction of sp³-hybridized carbons (Fsp3) is 0.312. The van der Waals surface area contributed by atoms with E-state index in [9.17, 15) is 5.26 Å². The lowest BCUT2D eigenvalue weighted by Gasteiger charge is -2.09. The Hall–Kier alpha value is -2.45. The molecule has 2 rings (SSSR count). The first-order valence-corrected chi connectivity index (χ1v) is 6.82. The molecule has 0 fully saturated rings. The fourth-order valence-corrected chi connectivity index (χ4v) is 2.01. The van der Waals surface area contributed by atoms with Gasteiger partial charge in [0.15, 0.2) is 5.82 Å². The summed E-state index contributed by atoms with van der Waals surface area (Å²) in [5.74, 6) is 0.535. The molecule has 21 heavy (non-hydrogen) atoms. The number of anilines is 1. The molecule has 1 aromatic heterocycles. The lowest BCUT2D eigenvalue weighted by Crippen LogP contribution is -2.10. The number of rotatable bonds is 5. The van der Waals surface area contributed by atoms with Gasteiger partial charge in [-0.05, 0) is 37.0 Å². The molecule has 1 aromatic carbocycles. The summed E-state index contributed by atoms with van der Waals surface area (Å²) in [4.78, 5) is 0. The molecule has 0 amide bonds. The number of aryl methyl sites for hydroxylation is 1. The third-order valence-corrected chi connectivity index (χ3v) is 3.48. The Bertz CT molecular complexity index is 659. The van der Waals surface area contributed by atoms with E-state index in [0.717, 1.165) is 28.8 Å². The van der Waals surface area contributed by atoms with Gasteiger partial charge in [-0.15, -0.1) is 5.10 Å². The molecule has 0 spiro atoms. The van der Waals surface area contributed by atoms with Crippen molar-refractivity contribution in [3.8, 4) is 6.07 Å². The Balaban J connectivity index is 2.00. The van der Waals surface area contributed by atoms with Crippen LogP contribution in [0.15, 0.2) is 24.3 Å². The maximum atomic E-state index is 9.22. The summed E-state index contributed by atoms with van der Waals surface area (Å²) < 4.78 is 0. The van der Waals surface area contributed by atoms with E-state index in [2.05, 4.69) is 21.6 Å². The third-order valence-electron chi connectivity index (χ3n) is 3.48. The molecular formula is C16H18N4O. The van der Waals surface area contributed by atoms with Crippen molar-refractivity contribution in [1.29, 1.82) is 5.26 Å². The van der Waals surface area contributed by atoms with Gasteiger partial charge in [-0.3, -0.25) is 0 Å². The Morgan fingerprint density at radius 2 is 1.81 bits per heavy atom. The topological polar surface area (TPSA) is 81.8 Å². The lowest BCUT2D eigenvalue weighted by molar-refractivity contribution is 0.282. The molecular weight excluding hydrogens is 264 g/mol. The highest BCUT2D eigenvalue weighted by Crippen LogP contribution is 2.17. The van der Waals surface area contributed by atoms with Crippen molar-refractivity contribution < 1.29 is 5.11 Å². The quantitative estimate of drug-likeness (QED) is 0.877. The Kier molecular flexibility index (Phi) is 4.85. The predicted molar refractivity (Wildman–Crippen MR) is 80.8 cm³/mol. The van der Waals surface area contributed by atoms with E-state index < -0.39 is 0 Å². The van der Waals surface area contributed by atoms with Crippen molar-refractivity contribution in [3.63, 3.8) is 0 Å². The fourth-order valence-electron chi connectivity index (χ4n) is 2.01. The van der Waals surface area contributed by atoms with Crippen LogP contribution in [0.3, 0.4) is 0 Å². The Labute approximate surface area is 124 Å². The van der Waals surface area contributed by atoms with Crippen LogP contribution in [0.2, 0.25) is 0 Å². The Morgan fingerprint density at radius 3 is 2.43 bits per heavy atom.